The number of carboxylic acids is 6. The third-order valence-corrected chi connectivity index (χ3v) is 12.5. The van der Waals surface area contributed by atoms with E-state index in [-0.39, 0.29) is 164 Å². The summed E-state index contributed by atoms with van der Waals surface area (Å²) in [4.78, 5) is 203. The number of allylic oxidation sites excluding steroid dienone is 1. The molecule has 0 bridgehead atoms. The molecule has 0 unspecified atom stereocenters. The first-order valence-electron chi connectivity index (χ1n) is 29.2. The van der Waals surface area contributed by atoms with Crippen molar-refractivity contribution in [3.05, 3.63) is 86.2 Å². The van der Waals surface area contributed by atoms with Crippen LogP contribution in [0.5, 0.6) is 0 Å². The van der Waals surface area contributed by atoms with Crippen molar-refractivity contribution in [2.75, 3.05) is 65.7 Å². The molecule has 0 saturated heterocycles. The van der Waals surface area contributed by atoms with Gasteiger partial charge in [0.2, 0.25) is 0 Å². The van der Waals surface area contributed by atoms with Crippen LogP contribution in [0.25, 0.3) is 11.5 Å². The maximum absolute atomic E-state index is 11.2. The number of aliphatic carboxylic acids is 6. The summed E-state index contributed by atoms with van der Waals surface area (Å²) in [5.41, 5.74) is 15.4. The van der Waals surface area contributed by atoms with Crippen LogP contribution < -0.4 is 10.6 Å². The zero-order chi connectivity index (χ0) is 75.0. The molecule has 2 saturated carbocycles. The van der Waals surface area contributed by atoms with Crippen molar-refractivity contribution in [1.29, 1.82) is 0 Å². The van der Waals surface area contributed by atoms with Gasteiger partial charge in [0.15, 0.2) is 0 Å². The van der Waals surface area contributed by atoms with Gasteiger partial charge in [0.05, 0.1) is 64.7 Å². The summed E-state index contributed by atoms with van der Waals surface area (Å²) >= 11 is 0. The summed E-state index contributed by atoms with van der Waals surface area (Å²) in [6.45, 7) is 11.2. The van der Waals surface area contributed by atoms with E-state index in [4.69, 9.17) is 85.7 Å². The van der Waals surface area contributed by atoms with Crippen molar-refractivity contribution in [1.82, 2.24) is 30.2 Å². The maximum atomic E-state index is 11.2. The number of carboxylic acid groups (broad SMARTS) is 8. The summed E-state index contributed by atoms with van der Waals surface area (Å²) in [5.74, 6) is -13.9. The van der Waals surface area contributed by atoms with Crippen LogP contribution in [0.4, 0.5) is 9.59 Å². The zero-order valence-electron chi connectivity index (χ0n) is 53.4. The molecule has 0 aromatic heterocycles. The number of carbonyl (C=O) groups is 19. The number of carbonyl (C=O) groups excluding carboxylic acids is 11. The molecule has 4 heterocycles. The summed E-state index contributed by atoms with van der Waals surface area (Å²) in [6.07, 6.45) is 15.8. The van der Waals surface area contributed by atoms with E-state index >= 15 is 0 Å². The Hall–Kier alpha value is -9.87. The van der Waals surface area contributed by atoms with Gasteiger partial charge in [0.25, 0.3) is 41.4 Å². The third-order valence-electron chi connectivity index (χ3n) is 12.5. The fraction of sp³-hybridized carbons (Fsp3) is 0.475. The van der Waals surface area contributed by atoms with Crippen molar-refractivity contribution in [2.24, 2.45) is 11.8 Å². The Morgan fingerprint density at radius 3 is 0.820 bits per heavy atom. The second-order valence-corrected chi connectivity index (χ2v) is 20.0. The number of ether oxygens (including phenoxy) is 4. The van der Waals surface area contributed by atoms with E-state index in [0.29, 0.717) is 17.5 Å². The number of nitrogens with one attached hydrogen (secondary N) is 4. The average molecular weight is 1790 g/mol. The molecule has 6 aliphatic rings. The number of hydrogen-bond acceptors (Lipinski definition) is 23. The van der Waals surface area contributed by atoms with Crippen LogP contribution in [0.2, 0.25) is 0 Å². The molecule has 9 amide bonds. The molecule has 0 aromatic carbocycles. The quantitative estimate of drug-likeness (QED) is 0.0212. The Balaban J connectivity index is -0.000000542. The van der Waals surface area contributed by atoms with Gasteiger partial charge in [-0.3, -0.25) is 77.0 Å². The number of nitrogens with zero attached hydrogens (tertiary/aromatic N) is 4. The van der Waals surface area contributed by atoms with Crippen molar-refractivity contribution < 1.29 is 193 Å². The number of esters is 4. The summed E-state index contributed by atoms with van der Waals surface area (Å²) in [7, 11) is 0. The Morgan fingerprint density at radius 1 is 0.390 bits per heavy atom. The fourth-order valence-corrected chi connectivity index (χ4v) is 7.37. The molecule has 560 valence electrons. The first-order chi connectivity index (χ1) is 45.9. The SMILES string of the molecule is C=C1C=CC(=O)N1CCOC(=O)CCC(=O)O.O=C(O)C(=O)O.O=C(O)C(=O)O.O=C(O)CCC(=O)OCCN1C(=O)C=CC1=O.O=C(O)NCCC(=O)OCCN1C(=O)C=CC1=O.O=C(O)NCCC(=O)OCCN1C(=O)C=CC1=O.[CH2-][C@@H]1CCCC[C@H]1[NH-].[CH2-][C@@H]1CCCC[C@H]1[NH-].[Pt+2].[Pt+2]. The zero-order valence-corrected chi connectivity index (χ0v) is 58.0. The number of hydrogen-bond donors (Lipinski definition) is 10. The second-order valence-electron chi connectivity index (χ2n) is 20.0. The molecule has 0 spiro atoms. The van der Waals surface area contributed by atoms with E-state index < -0.39 is 107 Å². The van der Waals surface area contributed by atoms with Gasteiger partial charge in [-0.25, -0.2) is 28.8 Å². The van der Waals surface area contributed by atoms with Crippen LogP contribution in [0.1, 0.15) is 89.9 Å². The van der Waals surface area contributed by atoms with Gasteiger partial charge >= 0.3 is 114 Å². The topological polar surface area (TPSA) is 608 Å². The van der Waals surface area contributed by atoms with E-state index in [1.165, 1.54) is 49.5 Å². The van der Waals surface area contributed by atoms with Crippen LogP contribution in [-0.4, -0.2) is 251 Å². The minimum absolute atomic E-state index is 0. The first-order valence-corrected chi connectivity index (χ1v) is 29.2. The Morgan fingerprint density at radius 2 is 0.620 bits per heavy atom. The van der Waals surface area contributed by atoms with Gasteiger partial charge in [-0.1, -0.05) is 57.9 Å². The number of rotatable bonds is 24. The molecule has 39 nitrogen and oxygen atoms in total. The maximum Gasteiger partial charge on any atom is 2.00 e. The van der Waals surface area contributed by atoms with E-state index in [1.54, 1.807) is 6.08 Å². The van der Waals surface area contributed by atoms with Gasteiger partial charge in [0.1, 0.15) is 26.4 Å². The largest absolute Gasteiger partial charge is 2.00 e. The first kappa shape index (κ1) is 96.5. The Labute approximate surface area is 599 Å². The van der Waals surface area contributed by atoms with Gasteiger partial charge in [-0.15, -0.1) is 0 Å². The van der Waals surface area contributed by atoms with Crippen LogP contribution in [0.15, 0.2) is 60.9 Å². The van der Waals surface area contributed by atoms with Gasteiger partial charge in [-0.05, 0) is 6.08 Å². The van der Waals surface area contributed by atoms with Gasteiger partial charge in [0, 0.05) is 61.3 Å². The van der Waals surface area contributed by atoms with E-state index in [2.05, 4.69) is 25.2 Å². The summed E-state index contributed by atoms with van der Waals surface area (Å²) in [5, 5.41) is 66.8. The molecular formula is C59H78N8O31Pt2. The monoisotopic (exact) mass is 1780 g/mol. The molecule has 100 heavy (non-hydrogen) atoms. The molecule has 12 N–H and O–H groups in total. The standard InChI is InChI=1S/C11H13NO5.2C10H12N2O6.C10H11NO6.2C7H13N.2C2H2O4.2Pt/c1-8-2-3-9(13)12(8)6-7-17-11(16)5-4-10(14)15;2*13-7-1-2-8(14)12(7)5-6-18-9(15)3-4-11-10(16)17;12-7-1-2-8(13)11(7)5-6-17-10(16)4-3-9(14)15;2*1-6-4-2-3-5-7(6)8;2*3-1(4)2(5)6;;/h2-3H,1,4-7H2,(H,14,15);2*1-2,11H,3-6H2,(H,16,17);1-2H,3-6H2,(H,14,15);2*6-8H,1-5H2;2*(H,3,4)(H,5,6);;/q;;;;2*-2;;;2*+2/t;;;;2*6-,7-;;;;/m....11..../s1. The van der Waals surface area contributed by atoms with Crippen LogP contribution >= 0.6 is 0 Å². The predicted molar refractivity (Wildman–Crippen MR) is 328 cm³/mol. The summed E-state index contributed by atoms with van der Waals surface area (Å²) < 4.78 is 18.9. The minimum atomic E-state index is -1.82. The predicted octanol–water partition coefficient (Wildman–Crippen LogP) is 1.02. The van der Waals surface area contributed by atoms with E-state index in [1.807, 2.05) is 10.6 Å². The second kappa shape index (κ2) is 55.1. The Kier molecular flexibility index (Phi) is 53.1. The summed E-state index contributed by atoms with van der Waals surface area (Å²) in [6, 6.07) is 0.285. The molecule has 4 atom stereocenters. The van der Waals surface area contributed by atoms with Crippen LogP contribution in [-0.2, 0) is 143 Å². The van der Waals surface area contributed by atoms with E-state index in [9.17, 15) is 71.9 Å². The van der Waals surface area contributed by atoms with Crippen molar-refractivity contribution in [2.45, 2.75) is 102 Å². The molecular weight excluding hydrogens is 1710 g/mol. The molecule has 41 heteroatoms. The normalized spacial score (nSPS) is 17.1. The number of imide groups is 3. The minimum Gasteiger partial charge on any atom is -0.677 e. The smallest absolute Gasteiger partial charge is 0.677 e. The number of amides is 9. The molecule has 4 aliphatic heterocycles. The van der Waals surface area contributed by atoms with Gasteiger partial charge in [-0.2, -0.15) is 23.9 Å². The Bertz CT molecular complexity index is 2680. The van der Waals surface area contributed by atoms with Crippen molar-refractivity contribution in [3.8, 4) is 0 Å². The van der Waals surface area contributed by atoms with Crippen molar-refractivity contribution >= 4 is 113 Å². The van der Waals surface area contributed by atoms with Gasteiger partial charge < -0.3 is 101 Å². The molecule has 2 aliphatic carbocycles. The molecule has 6 rings (SSSR count). The molecule has 2 fully saturated rings. The van der Waals surface area contributed by atoms with E-state index in [0.717, 1.165) is 64.0 Å². The fourth-order valence-electron chi connectivity index (χ4n) is 7.37. The average Bonchev–Trinajstić information content (AvgIpc) is 1.76. The van der Waals surface area contributed by atoms with Crippen LogP contribution in [0, 0.1) is 25.7 Å². The molecule has 0 aromatic rings. The molecule has 0 radical (unpaired) electrons. The van der Waals surface area contributed by atoms with Crippen molar-refractivity contribution in [3.63, 3.8) is 0 Å². The third kappa shape index (κ3) is 47.9. The van der Waals surface area contributed by atoms with Crippen LogP contribution in [0.3, 0.4) is 0 Å².